The van der Waals surface area contributed by atoms with Crippen LogP contribution in [0.1, 0.15) is 45.4 Å². The molecule has 0 aromatic heterocycles. The lowest BCUT2D eigenvalue weighted by Crippen LogP contribution is -2.44. The second kappa shape index (κ2) is 8.63. The highest BCUT2D eigenvalue weighted by Gasteiger charge is 2.52. The molecule has 0 unspecified atom stereocenters. The molecule has 2 fully saturated rings. The Morgan fingerprint density at radius 1 is 1.23 bits per heavy atom. The summed E-state index contributed by atoms with van der Waals surface area (Å²) in [5, 5.41) is 7.18. The molecule has 0 bridgehead atoms. The van der Waals surface area contributed by atoms with Gasteiger partial charge in [0, 0.05) is 13.1 Å². The topological polar surface area (TPSA) is 134 Å². The number of nitrogens with one attached hydrogen (secondary N) is 3. The van der Waals surface area contributed by atoms with Gasteiger partial charge in [-0.25, -0.2) is 9.59 Å². The van der Waals surface area contributed by atoms with Gasteiger partial charge in [-0.05, 0) is 19.3 Å². The fourth-order valence-electron chi connectivity index (χ4n) is 3.06. The average molecular weight is 368 g/mol. The molecule has 0 aromatic carbocycles. The number of hydrogen-bond donors (Lipinski definition) is 3. The summed E-state index contributed by atoms with van der Waals surface area (Å²) in [5.74, 6) is -1.80. The minimum absolute atomic E-state index is 0.107. The Balaban J connectivity index is 1.70. The Kier molecular flexibility index (Phi) is 6.53. The lowest BCUT2D eigenvalue weighted by molar-refractivity contribution is -0.148. The van der Waals surface area contributed by atoms with Crippen molar-refractivity contribution in [1.29, 1.82) is 0 Å². The number of nitrogens with zero attached hydrogens (tertiary/aromatic N) is 1. The molecule has 1 saturated heterocycles. The first-order valence-corrected chi connectivity index (χ1v) is 8.75. The largest absolute Gasteiger partial charge is 0.456 e. The van der Waals surface area contributed by atoms with Crippen LogP contribution in [-0.4, -0.2) is 60.0 Å². The molecule has 1 heterocycles. The highest BCUT2D eigenvalue weighted by Crippen LogP contribution is 2.34. The molecule has 1 spiro atoms. The number of carbonyl (C=O) groups excluding carboxylic acids is 5. The van der Waals surface area contributed by atoms with Gasteiger partial charge in [-0.3, -0.25) is 24.6 Å². The van der Waals surface area contributed by atoms with Crippen LogP contribution in [0, 0.1) is 0 Å². The summed E-state index contributed by atoms with van der Waals surface area (Å²) in [6.07, 6.45) is 3.48. The zero-order chi connectivity index (χ0) is 19.2. The van der Waals surface area contributed by atoms with E-state index in [1.807, 2.05) is 12.2 Å². The maximum absolute atomic E-state index is 12.4. The second-order valence-electron chi connectivity index (χ2n) is 6.39. The molecular weight excluding hydrogens is 344 g/mol. The lowest BCUT2D eigenvalue weighted by atomic mass is 9.98. The van der Waals surface area contributed by atoms with E-state index in [0.717, 1.165) is 24.2 Å². The fraction of sp³-hybridized carbons (Fsp3) is 0.688. The van der Waals surface area contributed by atoms with Crippen molar-refractivity contribution >= 4 is 29.8 Å². The van der Waals surface area contributed by atoms with Crippen molar-refractivity contribution in [2.24, 2.45) is 0 Å². The van der Waals surface area contributed by atoms with Crippen LogP contribution in [0.3, 0.4) is 0 Å². The van der Waals surface area contributed by atoms with Gasteiger partial charge in [0.15, 0.2) is 6.61 Å². The molecule has 2 rings (SSSR count). The van der Waals surface area contributed by atoms with Gasteiger partial charge in [0.25, 0.3) is 11.8 Å². The molecule has 6 amide bonds. The summed E-state index contributed by atoms with van der Waals surface area (Å²) in [5.41, 5.74) is -0.813. The molecule has 0 aromatic rings. The molecule has 0 atom stereocenters. The van der Waals surface area contributed by atoms with Crippen LogP contribution in [0.2, 0.25) is 0 Å². The van der Waals surface area contributed by atoms with Crippen LogP contribution in [0.15, 0.2) is 0 Å². The Morgan fingerprint density at radius 2 is 1.92 bits per heavy atom. The summed E-state index contributed by atoms with van der Waals surface area (Å²) in [7, 11) is 0. The van der Waals surface area contributed by atoms with Gasteiger partial charge in [0.1, 0.15) is 5.54 Å². The van der Waals surface area contributed by atoms with E-state index in [9.17, 15) is 24.0 Å². The van der Waals surface area contributed by atoms with Gasteiger partial charge < -0.3 is 15.4 Å². The van der Waals surface area contributed by atoms with Crippen molar-refractivity contribution in [1.82, 2.24) is 20.9 Å². The standard InChI is InChI=1S/C16H24N4O6/c1-2-8-17-14(24)18-11(21)10-26-12(22)5-9-20-13(23)16(19-15(20)25)6-3-4-7-16/h2-10H2,1H3,(H,19,25)(H2,17,18,21,24). The van der Waals surface area contributed by atoms with Crippen LogP contribution in [0.25, 0.3) is 0 Å². The number of hydrogen-bond acceptors (Lipinski definition) is 6. The number of rotatable bonds is 7. The Hall–Kier alpha value is -2.65. The molecule has 1 saturated carbocycles. The van der Waals surface area contributed by atoms with Gasteiger partial charge in [-0.2, -0.15) is 0 Å². The number of carbonyl (C=O) groups is 5. The first-order chi connectivity index (χ1) is 12.4. The third-order valence-electron chi connectivity index (χ3n) is 4.40. The molecule has 0 radical (unpaired) electrons. The summed E-state index contributed by atoms with van der Waals surface area (Å²) < 4.78 is 4.76. The summed E-state index contributed by atoms with van der Waals surface area (Å²) in [6.45, 7) is 1.57. The normalized spacial score (nSPS) is 18.0. The van der Waals surface area contributed by atoms with Crippen LogP contribution in [0.5, 0.6) is 0 Å². The van der Waals surface area contributed by atoms with Gasteiger partial charge in [0.05, 0.1) is 6.42 Å². The van der Waals surface area contributed by atoms with E-state index in [1.165, 1.54) is 0 Å². The lowest BCUT2D eigenvalue weighted by Gasteiger charge is -2.19. The van der Waals surface area contributed by atoms with Gasteiger partial charge >= 0.3 is 18.0 Å². The van der Waals surface area contributed by atoms with Crippen LogP contribution < -0.4 is 16.0 Å². The van der Waals surface area contributed by atoms with E-state index in [-0.39, 0.29) is 18.9 Å². The van der Waals surface area contributed by atoms with Crippen molar-refractivity contribution in [2.75, 3.05) is 19.7 Å². The number of imide groups is 2. The predicted octanol–water partition coefficient (Wildman–Crippen LogP) is 0.0201. The predicted molar refractivity (Wildman–Crippen MR) is 88.9 cm³/mol. The fourth-order valence-corrected chi connectivity index (χ4v) is 3.06. The van der Waals surface area contributed by atoms with Gasteiger partial charge in [-0.15, -0.1) is 0 Å². The van der Waals surface area contributed by atoms with Crippen molar-refractivity contribution in [3.63, 3.8) is 0 Å². The van der Waals surface area contributed by atoms with E-state index in [1.54, 1.807) is 0 Å². The van der Waals surface area contributed by atoms with E-state index >= 15 is 0 Å². The zero-order valence-electron chi connectivity index (χ0n) is 14.8. The molecule has 3 N–H and O–H groups in total. The average Bonchev–Trinajstić information content (AvgIpc) is 3.15. The SMILES string of the molecule is CCCNC(=O)NC(=O)COC(=O)CCN1C(=O)NC2(CCCC2)C1=O. The molecule has 10 heteroatoms. The highest BCUT2D eigenvalue weighted by molar-refractivity contribution is 6.07. The number of ether oxygens (including phenoxy) is 1. The van der Waals surface area contributed by atoms with Gasteiger partial charge in [0.2, 0.25) is 0 Å². The van der Waals surface area contributed by atoms with Gasteiger partial charge in [-0.1, -0.05) is 19.8 Å². The molecule has 1 aliphatic heterocycles. The Labute approximate surface area is 151 Å². The minimum atomic E-state index is -0.813. The van der Waals surface area contributed by atoms with Crippen molar-refractivity contribution in [3.05, 3.63) is 0 Å². The molecule has 144 valence electrons. The van der Waals surface area contributed by atoms with E-state index in [0.29, 0.717) is 19.4 Å². The van der Waals surface area contributed by atoms with E-state index in [2.05, 4.69) is 10.6 Å². The number of urea groups is 2. The molecule has 1 aliphatic carbocycles. The zero-order valence-corrected chi connectivity index (χ0v) is 14.8. The smallest absolute Gasteiger partial charge is 0.325 e. The van der Waals surface area contributed by atoms with E-state index in [4.69, 9.17) is 4.74 Å². The summed E-state index contributed by atoms with van der Waals surface area (Å²) in [6, 6.07) is -1.16. The maximum Gasteiger partial charge on any atom is 0.325 e. The Morgan fingerprint density at radius 3 is 2.58 bits per heavy atom. The van der Waals surface area contributed by atoms with Crippen LogP contribution >= 0.6 is 0 Å². The second-order valence-corrected chi connectivity index (χ2v) is 6.39. The van der Waals surface area contributed by atoms with Crippen LogP contribution in [-0.2, 0) is 19.1 Å². The van der Waals surface area contributed by atoms with Crippen molar-refractivity contribution < 1.29 is 28.7 Å². The molecule has 2 aliphatic rings. The van der Waals surface area contributed by atoms with E-state index < -0.39 is 36.1 Å². The first-order valence-electron chi connectivity index (χ1n) is 8.75. The first kappa shape index (κ1) is 19.7. The molecular formula is C16H24N4O6. The molecule has 26 heavy (non-hydrogen) atoms. The Bertz CT molecular complexity index is 600. The molecule has 10 nitrogen and oxygen atoms in total. The monoisotopic (exact) mass is 368 g/mol. The third kappa shape index (κ3) is 4.70. The third-order valence-corrected chi connectivity index (χ3v) is 4.40. The summed E-state index contributed by atoms with van der Waals surface area (Å²) in [4.78, 5) is 59.9. The van der Waals surface area contributed by atoms with Crippen molar-refractivity contribution in [2.45, 2.75) is 51.0 Å². The highest BCUT2D eigenvalue weighted by atomic mass is 16.5. The minimum Gasteiger partial charge on any atom is -0.456 e. The quantitative estimate of drug-likeness (QED) is 0.428. The summed E-state index contributed by atoms with van der Waals surface area (Å²) >= 11 is 0. The van der Waals surface area contributed by atoms with Crippen LogP contribution in [0.4, 0.5) is 9.59 Å². The number of esters is 1. The number of amides is 6. The maximum atomic E-state index is 12.4. The van der Waals surface area contributed by atoms with Crippen molar-refractivity contribution in [3.8, 4) is 0 Å².